The number of hydrogen-bond acceptors (Lipinski definition) is 12. The molecule has 3 unspecified atom stereocenters. The van der Waals surface area contributed by atoms with Gasteiger partial charge >= 0.3 is 5.97 Å². The Balaban J connectivity index is 2.45. The summed E-state index contributed by atoms with van der Waals surface area (Å²) in [6, 6.07) is 0. The van der Waals surface area contributed by atoms with Crippen molar-refractivity contribution in [3.05, 3.63) is 48.6 Å². The lowest BCUT2D eigenvalue weighted by molar-refractivity contribution is -0.144. The van der Waals surface area contributed by atoms with Gasteiger partial charge in [0.1, 0.15) is 12.4 Å². The summed E-state index contributed by atoms with van der Waals surface area (Å²) in [6.07, 6.45) is 71.5. The molecule has 0 spiro atoms. The van der Waals surface area contributed by atoms with E-state index in [9.17, 15) is 24.9 Å². The van der Waals surface area contributed by atoms with E-state index in [-0.39, 0.29) is 5.97 Å². The number of piperazine rings is 1. The Morgan fingerprint density at radius 1 is 0.396 bits per heavy atom. The van der Waals surface area contributed by atoms with Crippen LogP contribution >= 0.6 is 21.6 Å². The molecule has 1 aliphatic rings. The van der Waals surface area contributed by atoms with Gasteiger partial charge in [0.15, 0.2) is 0 Å². The summed E-state index contributed by atoms with van der Waals surface area (Å²) >= 11 is 0. The Morgan fingerprint density at radius 3 is 1.20 bits per heavy atom. The summed E-state index contributed by atoms with van der Waals surface area (Å²) in [5.41, 5.74) is 0. The van der Waals surface area contributed by atoms with Crippen molar-refractivity contribution in [2.45, 2.75) is 348 Å². The van der Waals surface area contributed by atoms with Gasteiger partial charge in [-0.05, 0) is 116 Å². The third-order valence-electron chi connectivity index (χ3n) is 18.2. The molecule has 0 radical (unpaired) electrons. The van der Waals surface area contributed by atoms with Gasteiger partial charge in [0.2, 0.25) is 0 Å². The number of carbonyl (C=O) groups is 2. The number of allylic oxidation sites excluding steroid dienone is 8. The zero-order chi connectivity index (χ0) is 65.8. The van der Waals surface area contributed by atoms with E-state index in [1.165, 1.54) is 193 Å². The first kappa shape index (κ1) is 87.5. The smallest absolute Gasteiger partial charge is 0.305 e. The quantitative estimate of drug-likeness (QED) is 0.0233. The Labute approximate surface area is 572 Å². The van der Waals surface area contributed by atoms with Crippen LogP contribution in [0.4, 0.5) is 0 Å². The molecule has 1 rings (SSSR count). The number of nitrogens with zero attached hydrogens (tertiary/aromatic N) is 4. The fourth-order valence-electron chi connectivity index (χ4n) is 12.4. The first-order chi connectivity index (χ1) is 44.7. The summed E-state index contributed by atoms with van der Waals surface area (Å²) in [5.74, 6) is 2.29. The van der Waals surface area contributed by atoms with Gasteiger partial charge in [0.25, 0.3) is 0 Å². The zero-order valence-electron chi connectivity index (χ0n) is 60.4. The lowest BCUT2D eigenvalue weighted by Crippen LogP contribution is -2.47. The number of ketones is 1. The summed E-state index contributed by atoms with van der Waals surface area (Å²) in [5, 5.41) is 33.4. The topological polar surface area (TPSA) is 117 Å². The standard InChI is InChI=1S/C79H150N4O6S2/c1-5-9-13-17-21-25-29-31-33-35-39-43-47-51-57-77(86)73-83(74-78(87)58-52-48-44-40-36-34-32-30-26-22-18-14-10-6-2)61-54-69-90-91-70-67-81-64-62-80(63-65-81)66-68-89-79(88)59-53-60-82(71-75(84)55-49-45-41-37-27-23-19-15-11-7-3)72-76(85)56-50-46-42-38-28-24-20-16-12-8-4/h21-22,25-26,31-34,75-77,84-86H,5-20,23-24,27-30,35-74H2,1-4H3/b25-21-,26-22-,33-31-,34-32-. The molecule has 0 aromatic heterocycles. The van der Waals surface area contributed by atoms with E-state index in [2.05, 4.69) is 95.9 Å². The maximum atomic E-state index is 13.3. The average Bonchev–Trinajstić information content (AvgIpc) is 3.71. The van der Waals surface area contributed by atoms with Gasteiger partial charge in [-0.1, -0.05) is 284 Å². The molecule has 0 amide bonds. The maximum Gasteiger partial charge on any atom is 0.305 e. The second-order valence-electron chi connectivity index (χ2n) is 27.2. The first-order valence-electron chi connectivity index (χ1n) is 39.2. The van der Waals surface area contributed by atoms with Crippen molar-refractivity contribution in [3.8, 4) is 0 Å². The van der Waals surface area contributed by atoms with E-state index in [0.717, 1.165) is 147 Å². The molecule has 10 nitrogen and oxygen atoms in total. The number of aliphatic hydroxyl groups is 3. The highest BCUT2D eigenvalue weighted by Gasteiger charge is 2.20. The van der Waals surface area contributed by atoms with Gasteiger partial charge in [-0.2, -0.15) is 0 Å². The zero-order valence-corrected chi connectivity index (χ0v) is 62.0. The number of aliphatic hydroxyl groups excluding tert-OH is 3. The number of hydrogen-bond donors (Lipinski definition) is 3. The SMILES string of the molecule is CCCCC/C=C\C/C=C\CCCCCCC(=O)CN(CCCSSCCN1CCN(CCOC(=O)CCCN(CC(O)CCCCCCCCCCCC)CC(O)CCCCCCCCCCCC)CC1)CC(O)CCCCCC/C=C\C/C=C\CCCCC. The minimum absolute atomic E-state index is 0.149. The third kappa shape index (κ3) is 63.0. The molecule has 1 fully saturated rings. The van der Waals surface area contributed by atoms with E-state index < -0.39 is 18.3 Å². The monoisotopic (exact) mass is 1320 g/mol. The molecule has 3 N–H and O–H groups in total. The molecule has 534 valence electrons. The summed E-state index contributed by atoms with van der Waals surface area (Å²) in [6.45, 7) is 19.0. The second kappa shape index (κ2) is 69.9. The van der Waals surface area contributed by atoms with Crippen LogP contribution in [0.5, 0.6) is 0 Å². The van der Waals surface area contributed by atoms with Crippen LogP contribution in [0.15, 0.2) is 48.6 Å². The minimum atomic E-state index is -0.412. The molecule has 0 saturated carbocycles. The number of rotatable bonds is 71. The molecular weight excluding hydrogens is 1170 g/mol. The molecule has 0 aromatic rings. The molecule has 12 heteroatoms. The molecule has 1 heterocycles. The Kier molecular flexibility index (Phi) is 67.2. The van der Waals surface area contributed by atoms with Crippen molar-refractivity contribution >= 4 is 33.3 Å². The van der Waals surface area contributed by atoms with Crippen LogP contribution in [0.3, 0.4) is 0 Å². The predicted molar refractivity (Wildman–Crippen MR) is 401 cm³/mol. The van der Waals surface area contributed by atoms with E-state index in [1.54, 1.807) is 0 Å². The van der Waals surface area contributed by atoms with E-state index in [4.69, 9.17) is 4.74 Å². The Morgan fingerprint density at radius 2 is 0.747 bits per heavy atom. The van der Waals surface area contributed by atoms with Crippen LogP contribution in [0.25, 0.3) is 0 Å². The highest BCUT2D eigenvalue weighted by atomic mass is 33.1. The molecule has 0 aliphatic carbocycles. The number of esters is 1. The van der Waals surface area contributed by atoms with Crippen molar-refractivity contribution in [1.82, 2.24) is 19.6 Å². The largest absolute Gasteiger partial charge is 0.464 e. The van der Waals surface area contributed by atoms with Crippen LogP contribution in [-0.2, 0) is 14.3 Å². The van der Waals surface area contributed by atoms with Crippen LogP contribution < -0.4 is 0 Å². The highest BCUT2D eigenvalue weighted by Crippen LogP contribution is 2.23. The summed E-state index contributed by atoms with van der Waals surface area (Å²) in [7, 11) is 3.90. The normalized spacial score (nSPS) is 14.7. The fourth-order valence-corrected chi connectivity index (χ4v) is 14.5. The second-order valence-corrected chi connectivity index (χ2v) is 29.9. The molecule has 91 heavy (non-hydrogen) atoms. The van der Waals surface area contributed by atoms with Crippen molar-refractivity contribution in [2.24, 2.45) is 0 Å². The van der Waals surface area contributed by atoms with Gasteiger partial charge in [0, 0.05) is 83.3 Å². The molecule has 1 saturated heterocycles. The van der Waals surface area contributed by atoms with Gasteiger partial charge in [-0.15, -0.1) is 0 Å². The maximum absolute atomic E-state index is 13.3. The number of carbonyl (C=O) groups excluding carboxylic acids is 2. The first-order valence-corrected chi connectivity index (χ1v) is 41.6. The highest BCUT2D eigenvalue weighted by molar-refractivity contribution is 8.76. The number of Topliss-reactive ketones (excluding diaryl/α,β-unsaturated/α-hetero) is 1. The van der Waals surface area contributed by atoms with Crippen molar-refractivity contribution in [2.75, 3.05) is 96.6 Å². The minimum Gasteiger partial charge on any atom is -0.464 e. The number of unbranched alkanes of at least 4 members (excludes halogenated alkanes) is 32. The van der Waals surface area contributed by atoms with E-state index in [1.807, 2.05) is 21.6 Å². The molecule has 0 aromatic carbocycles. The van der Waals surface area contributed by atoms with Gasteiger partial charge in [-0.25, -0.2) is 0 Å². The van der Waals surface area contributed by atoms with Gasteiger partial charge in [0.05, 0.1) is 24.9 Å². The molecule has 1 aliphatic heterocycles. The van der Waals surface area contributed by atoms with Crippen molar-refractivity contribution in [3.63, 3.8) is 0 Å². The van der Waals surface area contributed by atoms with Crippen LogP contribution in [0.1, 0.15) is 329 Å². The van der Waals surface area contributed by atoms with Gasteiger partial charge < -0.3 is 20.1 Å². The van der Waals surface area contributed by atoms with E-state index >= 15 is 0 Å². The summed E-state index contributed by atoms with van der Waals surface area (Å²) in [4.78, 5) is 35.7. The fraction of sp³-hybridized carbons (Fsp3) is 0.873. The third-order valence-corrected chi connectivity index (χ3v) is 20.7. The number of ether oxygens (including phenoxy) is 1. The van der Waals surface area contributed by atoms with Crippen molar-refractivity contribution < 1.29 is 29.6 Å². The van der Waals surface area contributed by atoms with Crippen LogP contribution in [0.2, 0.25) is 0 Å². The van der Waals surface area contributed by atoms with Crippen molar-refractivity contribution in [1.29, 1.82) is 0 Å². The Hall–Kier alpha value is -1.48. The summed E-state index contributed by atoms with van der Waals surface area (Å²) < 4.78 is 5.76. The predicted octanol–water partition coefficient (Wildman–Crippen LogP) is 20.4. The van der Waals surface area contributed by atoms with Gasteiger partial charge in [-0.3, -0.25) is 29.2 Å². The van der Waals surface area contributed by atoms with E-state index in [0.29, 0.717) is 64.4 Å². The lowest BCUT2D eigenvalue weighted by atomic mass is 10.0. The Bertz CT molecular complexity index is 1630. The molecule has 3 atom stereocenters. The van der Waals surface area contributed by atoms with Crippen LogP contribution in [0, 0.1) is 0 Å². The van der Waals surface area contributed by atoms with Crippen LogP contribution in [-0.4, -0.2) is 162 Å². The lowest BCUT2D eigenvalue weighted by Gasteiger charge is -2.34. The molecular formula is C79H150N4O6S2. The molecule has 0 bridgehead atoms. The average molecular weight is 1320 g/mol.